The fourth-order valence-electron chi connectivity index (χ4n) is 4.48. The molecule has 36 heavy (non-hydrogen) atoms. The number of carbonyl (C=O) groups is 2. The normalized spacial score (nSPS) is 16.3. The Morgan fingerprint density at radius 1 is 1.06 bits per heavy atom. The zero-order valence-electron chi connectivity index (χ0n) is 20.3. The molecule has 2 aliphatic rings. The summed E-state index contributed by atoms with van der Waals surface area (Å²) in [6, 6.07) is 15.7. The Hall–Kier alpha value is -3.72. The highest BCUT2D eigenvalue weighted by Crippen LogP contribution is 2.41. The number of rotatable bonds is 7. The van der Waals surface area contributed by atoms with Gasteiger partial charge in [-0.25, -0.2) is 4.79 Å². The second kappa shape index (κ2) is 10.5. The van der Waals surface area contributed by atoms with Crippen LogP contribution < -0.4 is 20.1 Å². The molecule has 1 aromatic heterocycles. The summed E-state index contributed by atoms with van der Waals surface area (Å²) >= 11 is 1.53. The van der Waals surface area contributed by atoms with Crippen LogP contribution in [0.3, 0.4) is 0 Å². The maximum atomic E-state index is 13.2. The zero-order valence-corrected chi connectivity index (χ0v) is 21.2. The van der Waals surface area contributed by atoms with Crippen LogP contribution in [0.5, 0.6) is 11.5 Å². The first kappa shape index (κ1) is 24.0. The highest BCUT2D eigenvalue weighted by atomic mass is 32.1. The maximum absolute atomic E-state index is 13.2. The van der Waals surface area contributed by atoms with Gasteiger partial charge in [0.1, 0.15) is 17.8 Å². The summed E-state index contributed by atoms with van der Waals surface area (Å²) < 4.78 is 17.0. The van der Waals surface area contributed by atoms with Crippen LogP contribution in [0, 0.1) is 0 Å². The molecule has 2 aliphatic heterocycles. The molecule has 0 unspecified atom stereocenters. The summed E-state index contributed by atoms with van der Waals surface area (Å²) in [6.45, 7) is 5.98. The molecule has 0 aliphatic carbocycles. The van der Waals surface area contributed by atoms with Gasteiger partial charge in [0.2, 0.25) is 0 Å². The van der Waals surface area contributed by atoms with Gasteiger partial charge in [0.15, 0.2) is 11.5 Å². The minimum absolute atomic E-state index is 0.113. The molecule has 8 nitrogen and oxygen atoms in total. The lowest BCUT2D eigenvalue weighted by Crippen LogP contribution is -2.39. The number of ether oxygens (including phenoxy) is 3. The number of thiophene rings is 1. The van der Waals surface area contributed by atoms with Gasteiger partial charge in [-0.15, -0.1) is 11.3 Å². The van der Waals surface area contributed by atoms with Crippen molar-refractivity contribution < 1.29 is 23.8 Å². The fourth-order valence-corrected chi connectivity index (χ4v) is 5.77. The van der Waals surface area contributed by atoms with E-state index in [1.165, 1.54) is 11.3 Å². The summed E-state index contributed by atoms with van der Waals surface area (Å²) in [6.07, 6.45) is -0.0988. The number of fused-ring (bicyclic) bond motifs is 3. The summed E-state index contributed by atoms with van der Waals surface area (Å²) in [7, 11) is 0. The number of hydrogen-bond acceptors (Lipinski definition) is 7. The van der Waals surface area contributed by atoms with Gasteiger partial charge >= 0.3 is 6.09 Å². The first-order valence-electron chi connectivity index (χ1n) is 12.1. The average molecular weight is 508 g/mol. The third-order valence-electron chi connectivity index (χ3n) is 6.20. The predicted molar refractivity (Wildman–Crippen MR) is 138 cm³/mol. The number of hydrogen-bond donors (Lipinski definition) is 2. The minimum atomic E-state index is -0.409. The second-order valence-corrected chi connectivity index (χ2v) is 9.65. The molecule has 2 aromatic carbocycles. The quantitative estimate of drug-likeness (QED) is 0.463. The molecule has 3 aromatic rings. The number of nitrogens with zero attached hydrogens (tertiary/aromatic N) is 1. The SMILES string of the molecule is CCOC(=O)N1CCc2c(sc3c2C(=O)N[C@@H](c2ccc(OCc4ccccc4)c(OCC)c2)N3)C1. The van der Waals surface area contributed by atoms with Crippen molar-refractivity contribution in [1.82, 2.24) is 10.2 Å². The van der Waals surface area contributed by atoms with Crippen LogP contribution in [0.2, 0.25) is 0 Å². The number of benzene rings is 2. The summed E-state index contributed by atoms with van der Waals surface area (Å²) in [5, 5.41) is 7.37. The Kier molecular flexibility index (Phi) is 6.99. The Morgan fingerprint density at radius 2 is 1.89 bits per heavy atom. The second-order valence-electron chi connectivity index (χ2n) is 8.54. The van der Waals surface area contributed by atoms with Gasteiger partial charge in [0.05, 0.1) is 25.3 Å². The number of amides is 2. The molecule has 0 radical (unpaired) electrons. The molecule has 0 fully saturated rings. The van der Waals surface area contributed by atoms with E-state index >= 15 is 0 Å². The van der Waals surface area contributed by atoms with E-state index in [1.54, 1.807) is 11.8 Å². The van der Waals surface area contributed by atoms with Crippen LogP contribution in [0.25, 0.3) is 0 Å². The van der Waals surface area contributed by atoms with Crippen LogP contribution in [0.15, 0.2) is 48.5 Å². The third-order valence-corrected chi connectivity index (χ3v) is 7.35. The predicted octanol–water partition coefficient (Wildman–Crippen LogP) is 5.09. The van der Waals surface area contributed by atoms with Crippen molar-refractivity contribution in [2.24, 2.45) is 0 Å². The lowest BCUT2D eigenvalue weighted by atomic mass is 10.0. The van der Waals surface area contributed by atoms with E-state index in [0.29, 0.717) is 56.4 Å². The van der Waals surface area contributed by atoms with Gasteiger partial charge in [-0.3, -0.25) is 4.79 Å². The number of carbonyl (C=O) groups excluding carboxylic acids is 2. The van der Waals surface area contributed by atoms with Gasteiger partial charge in [-0.2, -0.15) is 0 Å². The van der Waals surface area contributed by atoms with Crippen molar-refractivity contribution in [2.75, 3.05) is 25.1 Å². The van der Waals surface area contributed by atoms with Crippen molar-refractivity contribution >= 4 is 28.3 Å². The molecule has 9 heteroatoms. The van der Waals surface area contributed by atoms with E-state index in [0.717, 1.165) is 26.6 Å². The summed E-state index contributed by atoms with van der Waals surface area (Å²) in [5.41, 5.74) is 3.63. The minimum Gasteiger partial charge on any atom is -0.490 e. The lowest BCUT2D eigenvalue weighted by molar-refractivity contribution is 0.0934. The molecule has 0 saturated carbocycles. The Bertz CT molecular complexity index is 1260. The van der Waals surface area contributed by atoms with E-state index in [9.17, 15) is 9.59 Å². The van der Waals surface area contributed by atoms with Crippen molar-refractivity contribution in [2.45, 2.75) is 39.6 Å². The maximum Gasteiger partial charge on any atom is 0.410 e. The summed E-state index contributed by atoms with van der Waals surface area (Å²) in [4.78, 5) is 28.0. The first-order valence-corrected chi connectivity index (χ1v) is 13.0. The number of nitrogens with one attached hydrogen (secondary N) is 2. The van der Waals surface area contributed by atoms with Gasteiger partial charge in [0.25, 0.3) is 5.91 Å². The van der Waals surface area contributed by atoms with Crippen LogP contribution in [0.4, 0.5) is 9.80 Å². The zero-order chi connectivity index (χ0) is 25.1. The van der Waals surface area contributed by atoms with Crippen LogP contribution >= 0.6 is 11.3 Å². The molecule has 0 saturated heterocycles. The Labute approximate surface area is 214 Å². The average Bonchev–Trinajstić information content (AvgIpc) is 3.27. The van der Waals surface area contributed by atoms with E-state index in [2.05, 4.69) is 10.6 Å². The van der Waals surface area contributed by atoms with Crippen molar-refractivity contribution in [1.29, 1.82) is 0 Å². The van der Waals surface area contributed by atoms with E-state index in [1.807, 2.05) is 55.5 Å². The molecule has 0 bridgehead atoms. The van der Waals surface area contributed by atoms with Crippen LogP contribution in [-0.2, 0) is 24.3 Å². The fraction of sp³-hybridized carbons (Fsp3) is 0.333. The molecule has 188 valence electrons. The van der Waals surface area contributed by atoms with Crippen molar-refractivity contribution in [3.05, 3.63) is 75.7 Å². The van der Waals surface area contributed by atoms with E-state index < -0.39 is 6.17 Å². The van der Waals surface area contributed by atoms with E-state index in [4.69, 9.17) is 14.2 Å². The van der Waals surface area contributed by atoms with Crippen molar-refractivity contribution in [3.63, 3.8) is 0 Å². The molecule has 2 N–H and O–H groups in total. The molecule has 1 atom stereocenters. The third kappa shape index (κ3) is 4.83. The molecule has 2 amide bonds. The highest BCUT2D eigenvalue weighted by Gasteiger charge is 2.34. The van der Waals surface area contributed by atoms with Gasteiger partial charge in [0, 0.05) is 11.4 Å². The molecule has 0 spiro atoms. The van der Waals surface area contributed by atoms with Gasteiger partial charge < -0.3 is 29.7 Å². The monoisotopic (exact) mass is 507 g/mol. The lowest BCUT2D eigenvalue weighted by Gasteiger charge is -2.28. The number of anilines is 1. The van der Waals surface area contributed by atoms with Crippen LogP contribution in [0.1, 0.15) is 51.9 Å². The molecular formula is C27H29N3O5S. The topological polar surface area (TPSA) is 89.1 Å². The standard InChI is InChI=1S/C27H29N3O5S/c1-3-33-21-14-18(10-11-20(21)35-16-17-8-6-5-7-9-17)24-28-25(31)23-19-12-13-30(27(32)34-4-2)15-22(19)36-26(23)29-24/h5-11,14,24,29H,3-4,12-13,15-16H2,1-2H3,(H,28,31)/t24-/m1/s1. The van der Waals surface area contributed by atoms with Crippen LogP contribution in [-0.4, -0.2) is 36.7 Å². The summed E-state index contributed by atoms with van der Waals surface area (Å²) in [5.74, 6) is 1.17. The Morgan fingerprint density at radius 3 is 2.67 bits per heavy atom. The molecule has 3 heterocycles. The van der Waals surface area contributed by atoms with Gasteiger partial charge in [-0.05, 0) is 49.1 Å². The molecule has 5 rings (SSSR count). The largest absolute Gasteiger partial charge is 0.490 e. The Balaban J connectivity index is 1.34. The van der Waals surface area contributed by atoms with Crippen molar-refractivity contribution in [3.8, 4) is 11.5 Å². The smallest absolute Gasteiger partial charge is 0.410 e. The molecular weight excluding hydrogens is 478 g/mol. The first-order chi connectivity index (χ1) is 17.6. The highest BCUT2D eigenvalue weighted by molar-refractivity contribution is 7.16. The van der Waals surface area contributed by atoms with E-state index in [-0.39, 0.29) is 12.0 Å². The van der Waals surface area contributed by atoms with Gasteiger partial charge in [-0.1, -0.05) is 36.4 Å².